The quantitative estimate of drug-likeness (QED) is 0.543. The smallest absolute Gasteiger partial charge is 0.153 e. The van der Waals surface area contributed by atoms with Crippen LogP contribution in [-0.2, 0) is 0 Å². The Balaban J connectivity index is 1.37. The van der Waals surface area contributed by atoms with Crippen LogP contribution in [-0.4, -0.2) is 56.4 Å². The fourth-order valence-corrected chi connectivity index (χ4v) is 5.06. The van der Waals surface area contributed by atoms with Crippen molar-refractivity contribution < 1.29 is 4.39 Å². The van der Waals surface area contributed by atoms with E-state index in [1.165, 1.54) is 12.8 Å². The number of nitrogens with zero attached hydrogens (tertiary/aromatic N) is 4. The number of aromatic amines is 1. The fraction of sp³-hybridized carbons (Fsp3) is 0.500. The van der Waals surface area contributed by atoms with Gasteiger partial charge in [-0.3, -0.25) is 19.4 Å². The molecule has 3 aromatic rings. The maximum absolute atomic E-state index is 12.7. The first-order valence-electron chi connectivity index (χ1n) is 10.8. The number of anilines is 3. The van der Waals surface area contributed by atoms with Gasteiger partial charge in [0.1, 0.15) is 11.6 Å². The normalized spacial score (nSPS) is 23.7. The van der Waals surface area contributed by atoms with Crippen molar-refractivity contribution in [1.29, 1.82) is 0 Å². The number of aryl methyl sites for hydroxylation is 1. The van der Waals surface area contributed by atoms with Gasteiger partial charge in [-0.1, -0.05) is 0 Å². The molecule has 2 bridgehead atoms. The van der Waals surface area contributed by atoms with Crippen LogP contribution in [0.25, 0.3) is 10.9 Å². The van der Waals surface area contributed by atoms with Crippen molar-refractivity contribution >= 4 is 28.4 Å². The van der Waals surface area contributed by atoms with Crippen molar-refractivity contribution in [3.05, 3.63) is 36.2 Å². The van der Waals surface area contributed by atoms with E-state index in [4.69, 9.17) is 4.98 Å². The molecular formula is C22H28FN7. The van der Waals surface area contributed by atoms with Gasteiger partial charge in [0.15, 0.2) is 5.82 Å². The monoisotopic (exact) mass is 409 g/mol. The van der Waals surface area contributed by atoms with Crippen LogP contribution < -0.4 is 10.6 Å². The minimum Gasteiger partial charge on any atom is -0.367 e. The molecule has 0 radical (unpaired) electrons. The van der Waals surface area contributed by atoms with Crippen molar-refractivity contribution in [3.63, 3.8) is 0 Å². The van der Waals surface area contributed by atoms with E-state index >= 15 is 0 Å². The highest BCUT2D eigenvalue weighted by Crippen LogP contribution is 2.37. The molecule has 3 atom stereocenters. The van der Waals surface area contributed by atoms with E-state index in [0.717, 1.165) is 53.4 Å². The van der Waals surface area contributed by atoms with Gasteiger partial charge in [-0.05, 0) is 51.2 Å². The minimum absolute atomic E-state index is 0.226. The lowest BCUT2D eigenvalue weighted by Gasteiger charge is -2.39. The zero-order valence-electron chi connectivity index (χ0n) is 17.2. The fourth-order valence-electron chi connectivity index (χ4n) is 5.06. The molecule has 158 valence electrons. The number of fused-ring (bicyclic) bond motifs is 3. The number of rotatable bonds is 7. The highest BCUT2D eigenvalue weighted by molar-refractivity contribution is 5.91. The van der Waals surface area contributed by atoms with Crippen LogP contribution in [0.1, 0.15) is 37.8 Å². The number of aromatic nitrogens is 4. The number of halogens is 1. The molecule has 5 rings (SSSR count). The Hall–Kier alpha value is -2.74. The molecule has 3 N–H and O–H groups in total. The van der Waals surface area contributed by atoms with Gasteiger partial charge in [0.2, 0.25) is 0 Å². The minimum atomic E-state index is -0.226. The Labute approximate surface area is 175 Å². The number of H-pyrrole nitrogens is 1. The third kappa shape index (κ3) is 3.84. The summed E-state index contributed by atoms with van der Waals surface area (Å²) in [6.07, 6.45) is 7.02. The van der Waals surface area contributed by atoms with Gasteiger partial charge in [-0.15, -0.1) is 0 Å². The molecule has 3 aromatic heterocycles. The van der Waals surface area contributed by atoms with Crippen LogP contribution in [0, 0.1) is 6.92 Å². The second-order valence-corrected chi connectivity index (χ2v) is 8.47. The van der Waals surface area contributed by atoms with Gasteiger partial charge >= 0.3 is 0 Å². The number of hydrogen-bond acceptors (Lipinski definition) is 6. The van der Waals surface area contributed by atoms with Gasteiger partial charge in [-0.25, -0.2) is 4.98 Å². The number of piperidine rings is 1. The summed E-state index contributed by atoms with van der Waals surface area (Å²) in [5, 5.41) is 15.2. The van der Waals surface area contributed by atoms with Gasteiger partial charge in [0, 0.05) is 54.1 Å². The van der Waals surface area contributed by atoms with Crippen molar-refractivity contribution in [1.82, 2.24) is 25.1 Å². The Morgan fingerprint density at radius 3 is 2.77 bits per heavy atom. The number of pyridine rings is 2. The highest BCUT2D eigenvalue weighted by atomic mass is 19.1. The van der Waals surface area contributed by atoms with E-state index in [0.29, 0.717) is 24.5 Å². The zero-order chi connectivity index (χ0) is 20.5. The molecule has 0 aliphatic carbocycles. The molecule has 2 fully saturated rings. The van der Waals surface area contributed by atoms with Crippen LogP contribution in [0.2, 0.25) is 0 Å². The molecule has 0 amide bonds. The van der Waals surface area contributed by atoms with Crippen LogP contribution in [0.3, 0.4) is 0 Å². The number of hydrogen-bond donors (Lipinski definition) is 3. The van der Waals surface area contributed by atoms with Gasteiger partial charge in [-0.2, -0.15) is 5.10 Å². The first-order valence-corrected chi connectivity index (χ1v) is 10.8. The predicted molar refractivity (Wildman–Crippen MR) is 117 cm³/mol. The van der Waals surface area contributed by atoms with E-state index in [-0.39, 0.29) is 6.67 Å². The molecule has 0 aromatic carbocycles. The lowest BCUT2D eigenvalue weighted by atomic mass is 9.97. The van der Waals surface area contributed by atoms with E-state index in [1.807, 2.05) is 25.1 Å². The molecular weight excluding hydrogens is 381 g/mol. The van der Waals surface area contributed by atoms with E-state index in [2.05, 4.69) is 36.8 Å². The Morgan fingerprint density at radius 1 is 1.20 bits per heavy atom. The number of alkyl halides is 1. The molecule has 2 aliphatic heterocycles. The predicted octanol–water partition coefficient (Wildman–Crippen LogP) is 4.17. The highest BCUT2D eigenvalue weighted by Gasteiger charge is 2.40. The molecule has 1 unspecified atom stereocenters. The summed E-state index contributed by atoms with van der Waals surface area (Å²) in [6, 6.07) is 9.36. The lowest BCUT2D eigenvalue weighted by molar-refractivity contribution is 0.128. The standard InChI is InChI=1S/C22H28FN7/c1-14-10-21(29-28-14)26-20-13-19-18(4-2-8-24-19)22(27-20)25-15-11-16-5-6-17(12-15)30(16)9-3-7-23/h2,4,8,10,13,15-17H,3,5-7,9,11-12H2,1H3,(H3,25,26,27,28,29)/t15?,16-,17+. The Morgan fingerprint density at radius 2 is 2.03 bits per heavy atom. The summed E-state index contributed by atoms with van der Waals surface area (Å²) in [6.45, 7) is 2.62. The Bertz CT molecular complexity index is 1010. The molecule has 5 heterocycles. The molecule has 2 aliphatic rings. The van der Waals surface area contributed by atoms with Gasteiger partial charge < -0.3 is 10.6 Å². The first-order chi connectivity index (χ1) is 14.7. The van der Waals surface area contributed by atoms with E-state index in [1.54, 1.807) is 6.20 Å². The zero-order valence-corrected chi connectivity index (χ0v) is 17.2. The van der Waals surface area contributed by atoms with E-state index in [9.17, 15) is 4.39 Å². The summed E-state index contributed by atoms with van der Waals surface area (Å²) >= 11 is 0. The second kappa shape index (κ2) is 8.18. The van der Waals surface area contributed by atoms with Crippen LogP contribution in [0.15, 0.2) is 30.5 Å². The van der Waals surface area contributed by atoms with Crippen molar-refractivity contribution in [2.75, 3.05) is 23.9 Å². The molecule has 30 heavy (non-hydrogen) atoms. The summed E-state index contributed by atoms with van der Waals surface area (Å²) < 4.78 is 12.7. The summed E-state index contributed by atoms with van der Waals surface area (Å²) in [7, 11) is 0. The molecule has 0 saturated carbocycles. The molecule has 7 nitrogen and oxygen atoms in total. The third-order valence-corrected chi connectivity index (χ3v) is 6.34. The van der Waals surface area contributed by atoms with Crippen molar-refractivity contribution in [2.45, 2.75) is 57.2 Å². The summed E-state index contributed by atoms with van der Waals surface area (Å²) in [4.78, 5) is 11.9. The molecule has 0 spiro atoms. The number of nitrogens with one attached hydrogen (secondary N) is 3. The second-order valence-electron chi connectivity index (χ2n) is 8.47. The van der Waals surface area contributed by atoms with Crippen LogP contribution in [0.5, 0.6) is 0 Å². The van der Waals surface area contributed by atoms with Crippen LogP contribution >= 0.6 is 0 Å². The van der Waals surface area contributed by atoms with Gasteiger partial charge in [0.25, 0.3) is 0 Å². The molecule has 8 heteroatoms. The van der Waals surface area contributed by atoms with Crippen molar-refractivity contribution in [2.24, 2.45) is 0 Å². The summed E-state index contributed by atoms with van der Waals surface area (Å²) in [5.74, 6) is 2.32. The lowest BCUT2D eigenvalue weighted by Crippen LogP contribution is -2.47. The third-order valence-electron chi connectivity index (χ3n) is 6.34. The SMILES string of the molecule is Cc1cc(Nc2cc3ncccc3c(NC3C[C@H]4CC[C@@H](C3)N4CCCF)n2)n[nH]1. The van der Waals surface area contributed by atoms with Crippen LogP contribution in [0.4, 0.5) is 21.8 Å². The topological polar surface area (TPSA) is 81.8 Å². The molecule has 2 saturated heterocycles. The van der Waals surface area contributed by atoms with E-state index < -0.39 is 0 Å². The average molecular weight is 410 g/mol. The maximum Gasteiger partial charge on any atom is 0.153 e. The average Bonchev–Trinajstić information content (AvgIpc) is 3.25. The first kappa shape index (κ1) is 19.2. The maximum atomic E-state index is 12.7. The van der Waals surface area contributed by atoms with Crippen molar-refractivity contribution in [3.8, 4) is 0 Å². The summed E-state index contributed by atoms with van der Waals surface area (Å²) in [5.41, 5.74) is 1.89. The largest absolute Gasteiger partial charge is 0.367 e. The Kier molecular flexibility index (Phi) is 5.25. The van der Waals surface area contributed by atoms with Gasteiger partial charge in [0.05, 0.1) is 12.2 Å².